The van der Waals surface area contributed by atoms with Gasteiger partial charge in [0.15, 0.2) is 18.1 Å². The number of aryl methyl sites for hydroxylation is 1. The summed E-state index contributed by atoms with van der Waals surface area (Å²) in [6, 6.07) is 18.8. The van der Waals surface area contributed by atoms with Crippen LogP contribution < -0.4 is 15.0 Å². The maximum absolute atomic E-state index is 13.1. The molecule has 3 aromatic rings. The molecule has 0 unspecified atom stereocenters. The van der Waals surface area contributed by atoms with Gasteiger partial charge in [0.2, 0.25) is 0 Å². The van der Waals surface area contributed by atoms with E-state index in [4.69, 9.17) is 9.47 Å². The lowest BCUT2D eigenvalue weighted by atomic mass is 10.1. The van der Waals surface area contributed by atoms with Gasteiger partial charge in [-0.15, -0.1) is 0 Å². The summed E-state index contributed by atoms with van der Waals surface area (Å²) in [5.74, 6) is 0.448. The number of likely N-dealkylation sites (tertiary alicyclic amines) is 1. The standard InChI is InChI=1S/C29H33N3O4/c1-3-35-26-19-24(14-15-25(26)36-21-28(33)31-16-6-4-7-17-31)29(34)30-27-9-5-8-18-32(27)20-23-12-10-22(2)11-13-23/h5,8-15,18-19H,3-4,6-7,16-17,20-21H2,1-2H3. The summed E-state index contributed by atoms with van der Waals surface area (Å²) >= 11 is 0. The van der Waals surface area contributed by atoms with Crippen molar-refractivity contribution in [3.63, 3.8) is 0 Å². The van der Waals surface area contributed by atoms with Gasteiger partial charge in [-0.3, -0.25) is 9.59 Å². The third kappa shape index (κ3) is 6.62. The molecule has 1 aromatic heterocycles. The molecule has 2 heterocycles. The molecule has 4 rings (SSSR count). The van der Waals surface area contributed by atoms with Crippen molar-refractivity contribution in [1.29, 1.82) is 0 Å². The molecule has 2 aromatic carbocycles. The third-order valence-electron chi connectivity index (χ3n) is 6.16. The average Bonchev–Trinajstić information content (AvgIpc) is 2.90. The summed E-state index contributed by atoms with van der Waals surface area (Å²) in [6.45, 7) is 6.42. The molecule has 1 aliphatic rings. The van der Waals surface area contributed by atoms with E-state index in [1.165, 1.54) is 5.56 Å². The summed E-state index contributed by atoms with van der Waals surface area (Å²) in [7, 11) is 0. The van der Waals surface area contributed by atoms with E-state index in [1.807, 2.05) is 40.8 Å². The van der Waals surface area contributed by atoms with E-state index in [9.17, 15) is 9.59 Å². The highest BCUT2D eigenvalue weighted by molar-refractivity contribution is 5.95. The molecular weight excluding hydrogens is 454 g/mol. The van der Waals surface area contributed by atoms with Gasteiger partial charge >= 0.3 is 0 Å². The minimum Gasteiger partial charge on any atom is -0.490 e. The summed E-state index contributed by atoms with van der Waals surface area (Å²) in [6.07, 6.45) is 5.13. The number of nitrogens with zero attached hydrogens (tertiary/aromatic N) is 3. The molecule has 1 saturated heterocycles. The molecule has 7 heteroatoms. The monoisotopic (exact) mass is 487 g/mol. The minimum atomic E-state index is -0.379. The van der Waals surface area contributed by atoms with Crippen LogP contribution in [0.2, 0.25) is 0 Å². The third-order valence-corrected chi connectivity index (χ3v) is 6.16. The van der Waals surface area contributed by atoms with E-state index < -0.39 is 0 Å². The summed E-state index contributed by atoms with van der Waals surface area (Å²) < 4.78 is 13.4. The van der Waals surface area contributed by atoms with Crippen LogP contribution in [-0.2, 0) is 11.3 Å². The number of ether oxygens (including phenoxy) is 2. The van der Waals surface area contributed by atoms with Gasteiger partial charge in [-0.25, -0.2) is 0 Å². The van der Waals surface area contributed by atoms with Crippen LogP contribution >= 0.6 is 0 Å². The predicted octanol–water partition coefficient (Wildman–Crippen LogP) is 4.38. The first-order valence-electron chi connectivity index (χ1n) is 12.5. The van der Waals surface area contributed by atoms with Crippen LogP contribution in [0.3, 0.4) is 0 Å². The highest BCUT2D eigenvalue weighted by Crippen LogP contribution is 2.29. The van der Waals surface area contributed by atoms with Crippen molar-refractivity contribution in [2.75, 3.05) is 26.3 Å². The smallest absolute Gasteiger partial charge is 0.279 e. The molecule has 0 atom stereocenters. The van der Waals surface area contributed by atoms with E-state index in [0.29, 0.717) is 35.7 Å². The second kappa shape index (κ2) is 12.2. The van der Waals surface area contributed by atoms with Gasteiger partial charge in [0.05, 0.1) is 6.61 Å². The minimum absolute atomic E-state index is 0.0329. The van der Waals surface area contributed by atoms with E-state index >= 15 is 0 Å². The molecule has 0 spiro atoms. The normalized spacial score (nSPS) is 13.9. The first-order valence-corrected chi connectivity index (χ1v) is 12.5. The van der Waals surface area contributed by atoms with Crippen LogP contribution in [0.1, 0.15) is 47.7 Å². The fourth-order valence-corrected chi connectivity index (χ4v) is 4.16. The first-order chi connectivity index (χ1) is 17.5. The van der Waals surface area contributed by atoms with Gasteiger partial charge in [0, 0.05) is 31.4 Å². The second-order valence-corrected chi connectivity index (χ2v) is 8.91. The number of carbonyl (C=O) groups excluding carboxylic acids is 2. The Morgan fingerprint density at radius 1 is 0.917 bits per heavy atom. The van der Waals surface area contributed by atoms with E-state index in [2.05, 4.69) is 36.2 Å². The molecule has 1 fully saturated rings. The van der Waals surface area contributed by atoms with Crippen molar-refractivity contribution < 1.29 is 19.1 Å². The van der Waals surface area contributed by atoms with Crippen LogP contribution in [0.4, 0.5) is 0 Å². The molecular formula is C29H33N3O4. The molecule has 0 saturated carbocycles. The lowest BCUT2D eigenvalue weighted by molar-refractivity contribution is -0.134. The zero-order chi connectivity index (χ0) is 25.3. The van der Waals surface area contributed by atoms with Gasteiger partial charge in [0.25, 0.3) is 11.8 Å². The number of hydrogen-bond acceptors (Lipinski definition) is 4. The van der Waals surface area contributed by atoms with Crippen molar-refractivity contribution in [2.45, 2.75) is 39.7 Å². The number of piperidine rings is 1. The van der Waals surface area contributed by atoms with Crippen molar-refractivity contribution in [1.82, 2.24) is 9.47 Å². The van der Waals surface area contributed by atoms with Gasteiger partial charge in [-0.05, 0) is 69.0 Å². The summed E-state index contributed by atoms with van der Waals surface area (Å²) in [5.41, 5.74) is 3.28. The second-order valence-electron chi connectivity index (χ2n) is 8.91. The first kappa shape index (κ1) is 25.2. The van der Waals surface area contributed by atoms with Gasteiger partial charge < -0.3 is 18.9 Å². The van der Waals surface area contributed by atoms with Crippen LogP contribution in [0.25, 0.3) is 0 Å². The Hall–Kier alpha value is -3.87. The predicted molar refractivity (Wildman–Crippen MR) is 138 cm³/mol. The van der Waals surface area contributed by atoms with Crippen molar-refractivity contribution in [2.24, 2.45) is 4.99 Å². The SMILES string of the molecule is CCOc1cc(C(=O)N=c2ccccn2Cc2ccc(C)cc2)ccc1OCC(=O)N1CCCCC1. The quantitative estimate of drug-likeness (QED) is 0.473. The molecule has 7 nitrogen and oxygen atoms in total. The van der Waals surface area contributed by atoms with Crippen molar-refractivity contribution in [3.8, 4) is 11.5 Å². The maximum Gasteiger partial charge on any atom is 0.279 e. The summed E-state index contributed by atoms with van der Waals surface area (Å²) in [5, 5.41) is 0. The highest BCUT2D eigenvalue weighted by Gasteiger charge is 2.18. The molecule has 0 radical (unpaired) electrons. The molecule has 1 aliphatic heterocycles. The Labute approximate surface area is 212 Å². The van der Waals surface area contributed by atoms with Crippen molar-refractivity contribution in [3.05, 3.63) is 89.0 Å². The lowest BCUT2D eigenvalue weighted by Gasteiger charge is -2.26. The zero-order valence-corrected chi connectivity index (χ0v) is 21.0. The van der Waals surface area contributed by atoms with Gasteiger partial charge in [-0.2, -0.15) is 4.99 Å². The Balaban J connectivity index is 1.51. The Morgan fingerprint density at radius 3 is 2.44 bits per heavy atom. The van der Waals surface area contributed by atoms with Gasteiger partial charge in [-0.1, -0.05) is 35.9 Å². The number of benzene rings is 2. The van der Waals surface area contributed by atoms with Crippen LogP contribution in [0, 0.1) is 6.92 Å². The Bertz CT molecular complexity index is 1260. The largest absolute Gasteiger partial charge is 0.490 e. The molecule has 0 bridgehead atoms. The fourth-order valence-electron chi connectivity index (χ4n) is 4.16. The number of rotatable bonds is 8. The molecule has 0 N–H and O–H groups in total. The average molecular weight is 488 g/mol. The zero-order valence-electron chi connectivity index (χ0n) is 21.0. The van der Waals surface area contributed by atoms with E-state index in [-0.39, 0.29) is 18.4 Å². The molecule has 188 valence electrons. The van der Waals surface area contributed by atoms with Crippen LogP contribution in [-0.4, -0.2) is 47.6 Å². The van der Waals surface area contributed by atoms with E-state index in [1.54, 1.807) is 18.2 Å². The van der Waals surface area contributed by atoms with Gasteiger partial charge in [0.1, 0.15) is 5.49 Å². The summed E-state index contributed by atoms with van der Waals surface area (Å²) in [4.78, 5) is 31.8. The highest BCUT2D eigenvalue weighted by atomic mass is 16.5. The molecule has 36 heavy (non-hydrogen) atoms. The number of pyridine rings is 1. The lowest BCUT2D eigenvalue weighted by Crippen LogP contribution is -2.38. The fraction of sp³-hybridized carbons (Fsp3) is 0.345. The number of carbonyl (C=O) groups is 2. The maximum atomic E-state index is 13.1. The number of amides is 2. The Kier molecular flexibility index (Phi) is 8.55. The molecule has 0 aliphatic carbocycles. The van der Waals surface area contributed by atoms with Crippen LogP contribution in [0.15, 0.2) is 71.9 Å². The number of aromatic nitrogens is 1. The number of hydrogen-bond donors (Lipinski definition) is 0. The van der Waals surface area contributed by atoms with E-state index in [0.717, 1.165) is 37.9 Å². The molecule has 2 amide bonds. The Morgan fingerprint density at radius 2 is 1.69 bits per heavy atom. The van der Waals surface area contributed by atoms with Crippen LogP contribution in [0.5, 0.6) is 11.5 Å². The van der Waals surface area contributed by atoms with Crippen molar-refractivity contribution >= 4 is 11.8 Å². The topological polar surface area (TPSA) is 73.1 Å².